The molecular weight excluding hydrogens is 259 g/mol. The van der Waals surface area contributed by atoms with Gasteiger partial charge in [0.15, 0.2) is 0 Å². The quantitative estimate of drug-likeness (QED) is 0.849. The van der Waals surface area contributed by atoms with Crippen LogP contribution in [0, 0.1) is 0 Å². The lowest BCUT2D eigenvalue weighted by molar-refractivity contribution is -0.194. The fourth-order valence-electron chi connectivity index (χ4n) is 1.84. The maximum absolute atomic E-state index is 12.7. The zero-order valence-corrected chi connectivity index (χ0v) is 12.0. The highest BCUT2D eigenvalue weighted by atomic mass is 19.4. The minimum atomic E-state index is -4.28. The zero-order chi connectivity index (χ0) is 15.1. The van der Waals surface area contributed by atoms with Gasteiger partial charge in [-0.3, -0.25) is 9.69 Å². The van der Waals surface area contributed by atoms with Crippen LogP contribution in [0.2, 0.25) is 0 Å². The first-order chi connectivity index (χ1) is 8.86. The maximum Gasteiger partial charge on any atom is 0.405 e. The Bertz CT molecular complexity index is 271. The van der Waals surface area contributed by atoms with Gasteiger partial charge >= 0.3 is 6.18 Å². The molecule has 114 valence electrons. The van der Waals surface area contributed by atoms with Crippen molar-refractivity contribution in [1.82, 2.24) is 15.1 Å². The van der Waals surface area contributed by atoms with Crippen LogP contribution >= 0.6 is 0 Å². The van der Waals surface area contributed by atoms with Gasteiger partial charge in [-0.15, -0.1) is 0 Å². The van der Waals surface area contributed by atoms with Gasteiger partial charge in [-0.25, -0.2) is 0 Å². The summed E-state index contributed by atoms with van der Waals surface area (Å²) in [5.41, 5.74) is 0. The van der Waals surface area contributed by atoms with Crippen LogP contribution in [0.5, 0.6) is 0 Å². The molecule has 1 fully saturated rings. The fourth-order valence-corrected chi connectivity index (χ4v) is 1.84. The first kappa shape index (κ1) is 18.2. The van der Waals surface area contributed by atoms with Crippen molar-refractivity contribution in [2.45, 2.75) is 32.5 Å². The normalized spacial score (nSPS) is 20.8. The smallest absolute Gasteiger partial charge is 0.339 e. The van der Waals surface area contributed by atoms with Crippen molar-refractivity contribution in [2.24, 2.45) is 0 Å². The van der Waals surface area contributed by atoms with E-state index in [1.165, 1.54) is 16.8 Å². The average molecular weight is 283 g/mol. The van der Waals surface area contributed by atoms with Crippen LogP contribution in [0.4, 0.5) is 13.2 Å². The monoisotopic (exact) mass is 283 g/mol. The van der Waals surface area contributed by atoms with E-state index in [0.717, 1.165) is 0 Å². The van der Waals surface area contributed by atoms with Gasteiger partial charge < -0.3 is 10.2 Å². The van der Waals surface area contributed by atoms with Crippen LogP contribution in [0.15, 0.2) is 0 Å². The van der Waals surface area contributed by atoms with Crippen molar-refractivity contribution in [2.75, 3.05) is 40.3 Å². The molecule has 1 unspecified atom stereocenters. The Morgan fingerprint density at radius 1 is 1.32 bits per heavy atom. The number of carbonyl (C=O) groups is 1. The van der Waals surface area contributed by atoms with Crippen LogP contribution in [-0.4, -0.2) is 68.2 Å². The lowest BCUT2D eigenvalue weighted by Crippen LogP contribution is -2.58. The molecule has 0 aliphatic carbocycles. The first-order valence-corrected chi connectivity index (χ1v) is 6.55. The molecule has 0 bridgehead atoms. The van der Waals surface area contributed by atoms with Crippen molar-refractivity contribution >= 4 is 5.91 Å². The van der Waals surface area contributed by atoms with Gasteiger partial charge in [-0.1, -0.05) is 13.8 Å². The number of likely N-dealkylation sites (N-methyl/N-ethyl adjacent to an activating group) is 1. The summed E-state index contributed by atoms with van der Waals surface area (Å²) >= 11 is 0. The number of halogens is 3. The van der Waals surface area contributed by atoms with Gasteiger partial charge in [0, 0.05) is 32.6 Å². The van der Waals surface area contributed by atoms with E-state index in [1.54, 1.807) is 7.05 Å². The summed E-state index contributed by atoms with van der Waals surface area (Å²) in [5, 5.41) is 2.81. The number of alkyl halides is 3. The number of piperazine rings is 1. The first-order valence-electron chi connectivity index (χ1n) is 6.55. The molecule has 0 radical (unpaired) electrons. The number of nitrogens with one attached hydrogen (secondary N) is 1. The van der Waals surface area contributed by atoms with Crippen LogP contribution in [0.1, 0.15) is 20.3 Å². The summed E-state index contributed by atoms with van der Waals surface area (Å²) in [6.07, 6.45) is -4.04. The molecule has 1 amide bonds. The Hall–Kier alpha value is -0.820. The standard InChI is InChI=1S/C10H18F3N3O.C2H6/c1-14-4-3-9(17)16-6-5-15(2)8(7-16)10(11,12)13;1-2/h8,14H,3-7H2,1-2H3;1-2H3. The molecule has 4 nitrogen and oxygen atoms in total. The largest absolute Gasteiger partial charge is 0.405 e. The van der Waals surface area contributed by atoms with Crippen LogP contribution in [0.3, 0.4) is 0 Å². The second-order valence-electron chi connectivity index (χ2n) is 4.23. The van der Waals surface area contributed by atoms with E-state index in [4.69, 9.17) is 0 Å². The number of carbonyl (C=O) groups excluding carboxylic acids is 1. The lowest BCUT2D eigenvalue weighted by Gasteiger charge is -2.40. The van der Waals surface area contributed by atoms with Crippen LogP contribution < -0.4 is 5.32 Å². The second kappa shape index (κ2) is 8.37. The summed E-state index contributed by atoms with van der Waals surface area (Å²) in [7, 11) is 3.14. The summed E-state index contributed by atoms with van der Waals surface area (Å²) in [5.74, 6) is -0.221. The van der Waals surface area contributed by atoms with E-state index in [1.807, 2.05) is 13.8 Å². The van der Waals surface area contributed by atoms with E-state index in [-0.39, 0.29) is 25.4 Å². The number of nitrogens with zero attached hydrogens (tertiary/aromatic N) is 2. The molecule has 7 heteroatoms. The molecular formula is C12H24F3N3O. The fraction of sp³-hybridized carbons (Fsp3) is 0.917. The molecule has 0 spiro atoms. The van der Waals surface area contributed by atoms with E-state index in [9.17, 15) is 18.0 Å². The Kier molecular flexibility index (Phi) is 8.01. The molecule has 1 aliphatic heterocycles. The van der Waals surface area contributed by atoms with Gasteiger partial charge in [0.2, 0.25) is 5.91 Å². The zero-order valence-electron chi connectivity index (χ0n) is 12.0. The van der Waals surface area contributed by atoms with E-state index in [2.05, 4.69) is 5.32 Å². The molecule has 0 aromatic carbocycles. The van der Waals surface area contributed by atoms with Crippen molar-refractivity contribution in [3.63, 3.8) is 0 Å². The van der Waals surface area contributed by atoms with Crippen molar-refractivity contribution in [1.29, 1.82) is 0 Å². The van der Waals surface area contributed by atoms with E-state index >= 15 is 0 Å². The van der Waals surface area contributed by atoms with Gasteiger partial charge in [0.1, 0.15) is 6.04 Å². The Labute approximate surface area is 112 Å². The predicted molar refractivity (Wildman–Crippen MR) is 68.9 cm³/mol. The minimum Gasteiger partial charge on any atom is -0.339 e. The highest BCUT2D eigenvalue weighted by Gasteiger charge is 2.45. The summed E-state index contributed by atoms with van der Waals surface area (Å²) in [6.45, 7) is 4.85. The highest BCUT2D eigenvalue weighted by molar-refractivity contribution is 5.76. The molecule has 0 aromatic heterocycles. The van der Waals surface area contributed by atoms with E-state index < -0.39 is 12.2 Å². The predicted octanol–water partition coefficient (Wildman–Crippen LogP) is 1.33. The summed E-state index contributed by atoms with van der Waals surface area (Å²) < 4.78 is 38.1. The van der Waals surface area contributed by atoms with Gasteiger partial charge in [-0.05, 0) is 14.1 Å². The van der Waals surface area contributed by atoms with Crippen molar-refractivity contribution < 1.29 is 18.0 Å². The molecule has 0 aromatic rings. The number of amides is 1. The lowest BCUT2D eigenvalue weighted by atomic mass is 10.1. The summed E-state index contributed by atoms with van der Waals surface area (Å²) in [6, 6.07) is -1.55. The van der Waals surface area contributed by atoms with Crippen molar-refractivity contribution in [3.05, 3.63) is 0 Å². The number of rotatable bonds is 3. The Balaban J connectivity index is 0.00000154. The van der Waals surface area contributed by atoms with Crippen molar-refractivity contribution in [3.8, 4) is 0 Å². The second-order valence-corrected chi connectivity index (χ2v) is 4.23. The Morgan fingerprint density at radius 3 is 2.37 bits per heavy atom. The van der Waals surface area contributed by atoms with Crippen LogP contribution in [0.25, 0.3) is 0 Å². The summed E-state index contributed by atoms with van der Waals surface area (Å²) in [4.78, 5) is 14.2. The SMILES string of the molecule is CC.CNCCC(=O)N1CCN(C)C(C(F)(F)F)C1. The Morgan fingerprint density at radius 2 is 1.89 bits per heavy atom. The maximum atomic E-state index is 12.7. The number of hydrogen-bond acceptors (Lipinski definition) is 3. The number of hydrogen-bond donors (Lipinski definition) is 1. The molecule has 1 aliphatic rings. The minimum absolute atomic E-state index is 0.221. The van der Waals surface area contributed by atoms with Gasteiger partial charge in [0.05, 0.1) is 0 Å². The molecule has 1 rings (SSSR count). The molecule has 1 heterocycles. The van der Waals surface area contributed by atoms with E-state index in [0.29, 0.717) is 13.1 Å². The average Bonchev–Trinajstić information content (AvgIpc) is 2.37. The third kappa shape index (κ3) is 5.78. The molecule has 1 saturated heterocycles. The molecule has 1 N–H and O–H groups in total. The topological polar surface area (TPSA) is 35.6 Å². The van der Waals surface area contributed by atoms with Gasteiger partial charge in [0.25, 0.3) is 0 Å². The highest BCUT2D eigenvalue weighted by Crippen LogP contribution is 2.26. The third-order valence-electron chi connectivity index (χ3n) is 2.97. The van der Waals surface area contributed by atoms with Crippen LogP contribution in [-0.2, 0) is 4.79 Å². The molecule has 1 atom stereocenters. The third-order valence-corrected chi connectivity index (χ3v) is 2.97. The molecule has 19 heavy (non-hydrogen) atoms. The molecule has 0 saturated carbocycles. The van der Waals surface area contributed by atoms with Gasteiger partial charge in [-0.2, -0.15) is 13.2 Å².